The van der Waals surface area contributed by atoms with Crippen LogP contribution in [0.2, 0.25) is 0 Å². The van der Waals surface area contributed by atoms with Gasteiger partial charge in [-0.05, 0) is 187 Å². The Bertz CT molecular complexity index is 7670. The molecule has 0 saturated heterocycles. The summed E-state index contributed by atoms with van der Waals surface area (Å²) >= 11 is 0. The zero-order chi connectivity index (χ0) is 86.3. The number of para-hydroxylation sites is 4. The quantitative estimate of drug-likeness (QED) is 0.108. The van der Waals surface area contributed by atoms with Crippen LogP contribution in [0.15, 0.2) is 431 Å². The fourth-order valence-corrected chi connectivity index (χ4v) is 21.1. The van der Waals surface area contributed by atoms with E-state index in [1.807, 2.05) is 0 Å². The largest absolute Gasteiger partial charge is 0.459 e. The molecule has 610 valence electrons. The first-order valence-electron chi connectivity index (χ1n) is 45.1. The van der Waals surface area contributed by atoms with Gasteiger partial charge in [0.25, 0.3) is 13.4 Å². The summed E-state index contributed by atoms with van der Waals surface area (Å²) in [5, 5.41) is 2.30. The molecule has 4 aliphatic heterocycles. The van der Waals surface area contributed by atoms with Crippen molar-refractivity contribution in [2.24, 2.45) is 0 Å². The number of fused-ring (bicyclic) bond motifs is 12. The van der Waals surface area contributed by atoms with Crippen LogP contribution in [-0.4, -0.2) is 18.0 Å². The maximum Gasteiger partial charge on any atom is 0.260 e. The highest BCUT2D eigenvalue weighted by molar-refractivity contribution is 7.03. The van der Waals surface area contributed by atoms with E-state index in [4.69, 9.17) is 9.47 Å². The number of benzene rings is 19. The summed E-state index contributed by atoms with van der Waals surface area (Å²) < 4.78 is 19.5. The molecule has 129 heavy (non-hydrogen) atoms. The van der Waals surface area contributed by atoms with Gasteiger partial charge in [0.15, 0.2) is 0 Å². The van der Waals surface area contributed by atoms with Crippen molar-refractivity contribution >= 4 is 102 Å². The summed E-state index contributed by atoms with van der Waals surface area (Å²) in [6.45, 7) is 13.3. The molecule has 0 atom stereocenters. The van der Waals surface area contributed by atoms with E-state index in [9.17, 15) is 0 Å². The van der Waals surface area contributed by atoms with Crippen LogP contribution in [0.1, 0.15) is 52.7 Å². The normalized spacial score (nSPS) is 12.8. The highest BCUT2D eigenvalue weighted by atomic mass is 16.5. The fraction of sp³-hybridized carbons (Fsp3) is 0.0656. The van der Waals surface area contributed by atoms with Gasteiger partial charge in [0.2, 0.25) is 0 Å². The molecule has 19 aromatic carbocycles. The van der Waals surface area contributed by atoms with E-state index >= 15 is 0 Å². The molecule has 7 heteroatoms. The van der Waals surface area contributed by atoms with Crippen LogP contribution in [0.3, 0.4) is 0 Å². The van der Waals surface area contributed by atoms with Gasteiger partial charge in [-0.15, -0.1) is 0 Å². The zero-order valence-corrected chi connectivity index (χ0v) is 72.8. The molecule has 0 unspecified atom stereocenters. The van der Waals surface area contributed by atoms with Gasteiger partial charge in [-0.1, -0.05) is 412 Å². The van der Waals surface area contributed by atoms with E-state index in [1.54, 1.807) is 0 Å². The van der Waals surface area contributed by atoms with Gasteiger partial charge < -0.3 is 23.8 Å². The Morgan fingerprint density at radius 1 is 0.233 bits per heavy atom. The van der Waals surface area contributed by atoms with Gasteiger partial charge in [0.1, 0.15) is 23.0 Å². The second kappa shape index (κ2) is 30.6. The average Bonchev–Trinajstić information content (AvgIpc) is 0.962. The third-order valence-corrected chi connectivity index (χ3v) is 27.2. The minimum atomic E-state index is -0.485. The minimum absolute atomic E-state index is 0.348. The van der Waals surface area contributed by atoms with Gasteiger partial charge in [-0.2, -0.15) is 0 Å². The Hall–Kier alpha value is -15.7. The fourth-order valence-electron chi connectivity index (χ4n) is 21.1. The summed E-state index contributed by atoms with van der Waals surface area (Å²) in [6, 6.07) is 160. The van der Waals surface area contributed by atoms with Gasteiger partial charge in [-0.3, -0.25) is 0 Å². The van der Waals surface area contributed by atoms with Gasteiger partial charge in [-0.25, -0.2) is 0 Å². The first-order valence-corrected chi connectivity index (χ1v) is 45.1. The molecule has 0 N–H and O–H groups in total. The monoisotopic (exact) mass is 1650 g/mol. The summed E-state index contributed by atoms with van der Waals surface area (Å²) in [4.78, 5) is 5.37. The van der Waals surface area contributed by atoms with Crippen molar-refractivity contribution in [3.8, 4) is 140 Å². The van der Waals surface area contributed by atoms with Crippen molar-refractivity contribution in [3.05, 3.63) is 442 Å². The molecular weight excluding hydrogens is 1560 g/mol. The van der Waals surface area contributed by atoms with Crippen LogP contribution in [0.5, 0.6) is 23.0 Å². The number of hydrogen-bond donors (Lipinski definition) is 0. The van der Waals surface area contributed by atoms with Crippen molar-refractivity contribution in [2.75, 3.05) is 9.80 Å². The third-order valence-electron chi connectivity index (χ3n) is 27.2. The van der Waals surface area contributed by atoms with Crippen molar-refractivity contribution in [2.45, 2.75) is 52.4 Å². The Morgan fingerprint density at radius 3 is 1.16 bits per heavy atom. The van der Waals surface area contributed by atoms with E-state index in [0.29, 0.717) is 0 Å². The molecule has 0 radical (unpaired) electrons. The second-order valence-electron chi connectivity index (χ2n) is 36.9. The lowest BCUT2D eigenvalue weighted by atomic mass is 9.30. The minimum Gasteiger partial charge on any atom is -0.459 e. The molecule has 0 spiro atoms. The van der Waals surface area contributed by atoms with E-state index in [0.717, 1.165) is 212 Å². The van der Waals surface area contributed by atoms with Gasteiger partial charge in [0, 0.05) is 78.6 Å². The van der Waals surface area contributed by atoms with E-state index in [1.165, 1.54) is 27.8 Å². The van der Waals surface area contributed by atoms with Gasteiger partial charge >= 0.3 is 0 Å². The molecule has 0 fully saturated rings. The molecule has 5 heterocycles. The van der Waals surface area contributed by atoms with Crippen LogP contribution < -0.4 is 52.1 Å². The lowest BCUT2D eigenvalue weighted by Gasteiger charge is -2.48. The molecule has 24 rings (SSSR count). The maximum absolute atomic E-state index is 8.58. The Morgan fingerprint density at radius 2 is 0.636 bits per heavy atom. The third kappa shape index (κ3) is 12.8. The van der Waals surface area contributed by atoms with Crippen LogP contribution in [0.25, 0.3) is 139 Å². The molecule has 0 saturated carbocycles. The molecule has 20 aromatic rings. The predicted molar refractivity (Wildman–Crippen MR) is 544 cm³/mol. The van der Waals surface area contributed by atoms with Crippen molar-refractivity contribution in [3.63, 3.8) is 0 Å². The Balaban J connectivity index is 0.859. The highest BCUT2D eigenvalue weighted by Gasteiger charge is 2.52. The highest BCUT2D eigenvalue weighted by Crippen LogP contribution is 2.57. The number of ether oxygens (including phenoxy) is 2. The summed E-state index contributed by atoms with van der Waals surface area (Å²) in [6.07, 6.45) is 0. The number of rotatable bonds is 13. The Labute approximate surface area is 754 Å². The number of hydrogen-bond acceptors (Lipinski definition) is 4. The van der Waals surface area contributed by atoms with E-state index < -0.39 is 18.8 Å². The Kier molecular flexibility index (Phi) is 18.2. The maximum atomic E-state index is 8.58. The lowest BCUT2D eigenvalue weighted by Crippen LogP contribution is -2.65. The van der Waals surface area contributed by atoms with Gasteiger partial charge in [0.05, 0.1) is 22.4 Å². The number of nitrogens with zero attached hydrogens (tertiary/aromatic N) is 3. The van der Waals surface area contributed by atoms with Crippen LogP contribution >= 0.6 is 0 Å². The zero-order valence-electron chi connectivity index (χ0n) is 72.8. The first-order chi connectivity index (χ1) is 63.3. The van der Waals surface area contributed by atoms with Crippen LogP contribution in [0.4, 0.5) is 34.1 Å². The van der Waals surface area contributed by atoms with Crippen molar-refractivity contribution < 1.29 is 9.47 Å². The first kappa shape index (κ1) is 76.9. The smallest absolute Gasteiger partial charge is 0.260 e. The molecule has 0 bridgehead atoms. The lowest BCUT2D eigenvalue weighted by molar-refractivity contribution is 0.466. The predicted octanol–water partition coefficient (Wildman–Crippen LogP) is 28.9. The topological polar surface area (TPSA) is 29.9 Å². The van der Waals surface area contributed by atoms with Crippen molar-refractivity contribution in [1.82, 2.24) is 4.57 Å². The second-order valence-corrected chi connectivity index (χ2v) is 36.9. The molecule has 1 aromatic heterocycles. The summed E-state index contributed by atoms with van der Waals surface area (Å²) in [5.74, 6) is 3.13. The summed E-state index contributed by atoms with van der Waals surface area (Å²) in [5.41, 5.74) is 39.8. The SMILES string of the molecule is CC(C)(C)c1cc2c3c(c1)N(c1c(-c4ccccc4)cccc1-c1ccccc1)c1cc4c5c(c1B3c1ccc(-c3ccccc3)cc1N2c1c(-c2ccc(-c3ccccc3)cc2)cccc1-c1ccc(-c2ccccc2)cc1)Oc1cc(C(C)(C)C)c(-c2ccccc2)cc1B5c1cc(-c2ccccc2)cc(-c2cccc3c2c2ccccc2n3-c2ccccc2)c1O4. The number of anilines is 6. The summed E-state index contributed by atoms with van der Waals surface area (Å²) in [7, 11) is 0. The average molecular weight is 1650 g/mol. The molecule has 5 nitrogen and oxygen atoms in total. The standard InChI is InChI=1S/C122H89B2N3O2/c1-121(2,3)91-73-108-114-109(74-91)127(118-93(84-44-23-11-24-45-84)53-33-54-94(118)85-46-25-12-26-47-85)110-77-112-116-120(115(110)124(114)102-69-68-89(80-40-19-9-20-41-80)72-107(102)126(108)117-95(87-64-60-82(61-65-87)78-36-15-7-16-37-78)55-34-56-96(117)88-66-62-83(63-67-88)79-38-17-8-18-39-79)128-111-76-101(122(4,5)6)99(86-48-27-13-28-49-86)75-103(111)123(116)104-71-90(81-42-21-10-22-43-81)70-100(119(104)129-112)97-57-35-59-106-113(97)98-52-31-32-58-105(98)125(106)92-50-29-14-30-51-92/h7-77H,1-6H3. The van der Waals surface area contributed by atoms with E-state index in [-0.39, 0.29) is 5.41 Å². The number of aromatic nitrogens is 1. The molecule has 0 amide bonds. The molecule has 4 aliphatic rings. The molecular formula is C122H89B2N3O2. The van der Waals surface area contributed by atoms with Crippen molar-refractivity contribution in [1.29, 1.82) is 0 Å². The molecule has 0 aliphatic carbocycles. The van der Waals surface area contributed by atoms with E-state index in [2.05, 4.69) is 487 Å². The van der Waals surface area contributed by atoms with Crippen LogP contribution in [-0.2, 0) is 10.8 Å². The van der Waals surface area contributed by atoms with Crippen LogP contribution in [0, 0.1) is 0 Å².